The molecular formula is C25H31FN2O. The molecular weight excluding hydrogens is 363 g/mol. The van der Waals surface area contributed by atoms with Crippen molar-refractivity contribution in [2.45, 2.75) is 58.0 Å². The average Bonchev–Trinajstić information content (AvgIpc) is 2.75. The molecule has 0 unspecified atom stereocenters. The summed E-state index contributed by atoms with van der Waals surface area (Å²) >= 11 is 0. The molecule has 1 N–H and O–H groups in total. The van der Waals surface area contributed by atoms with Crippen molar-refractivity contribution in [1.82, 2.24) is 10.2 Å². The van der Waals surface area contributed by atoms with Gasteiger partial charge in [0.25, 0.3) is 0 Å². The van der Waals surface area contributed by atoms with Crippen LogP contribution in [0.3, 0.4) is 0 Å². The lowest BCUT2D eigenvalue weighted by atomic mass is 9.89. The molecule has 1 amide bonds. The molecule has 4 heteroatoms. The molecule has 1 saturated heterocycles. The fourth-order valence-electron chi connectivity index (χ4n) is 4.70. The highest BCUT2D eigenvalue weighted by Gasteiger charge is 2.27. The van der Waals surface area contributed by atoms with Crippen molar-refractivity contribution >= 4 is 5.91 Å². The van der Waals surface area contributed by atoms with Gasteiger partial charge in [0.2, 0.25) is 5.91 Å². The minimum absolute atomic E-state index is 0.0178. The lowest BCUT2D eigenvalue weighted by molar-refractivity contribution is -0.127. The number of carbonyl (C=O) groups is 1. The summed E-state index contributed by atoms with van der Waals surface area (Å²) in [7, 11) is 0. The number of hydrogen-bond acceptors (Lipinski definition) is 2. The third-order valence-corrected chi connectivity index (χ3v) is 6.43. The molecule has 2 aromatic rings. The van der Waals surface area contributed by atoms with Crippen LogP contribution in [0.4, 0.5) is 4.39 Å². The first-order chi connectivity index (χ1) is 14.1. The zero-order chi connectivity index (χ0) is 20.2. The number of hydrogen-bond donors (Lipinski definition) is 1. The Balaban J connectivity index is 1.34. The first-order valence-electron chi connectivity index (χ1n) is 11.0. The van der Waals surface area contributed by atoms with Crippen LogP contribution in [0.5, 0.6) is 0 Å². The van der Waals surface area contributed by atoms with Crippen molar-refractivity contribution in [3.8, 4) is 0 Å². The molecule has 154 valence electrons. The Hall–Kier alpha value is -2.20. The van der Waals surface area contributed by atoms with Gasteiger partial charge in [-0.1, -0.05) is 30.3 Å². The van der Waals surface area contributed by atoms with E-state index in [0.717, 1.165) is 44.5 Å². The minimum atomic E-state index is -0.208. The van der Waals surface area contributed by atoms with Crippen molar-refractivity contribution in [3.05, 3.63) is 70.5 Å². The summed E-state index contributed by atoms with van der Waals surface area (Å²) in [5.41, 5.74) is 5.23. The van der Waals surface area contributed by atoms with E-state index in [4.69, 9.17) is 0 Å². The molecule has 1 aliphatic carbocycles. The van der Waals surface area contributed by atoms with Gasteiger partial charge in [0, 0.05) is 13.1 Å². The molecule has 0 spiro atoms. The number of likely N-dealkylation sites (tertiary alicyclic amines) is 1. The minimum Gasteiger partial charge on any atom is -0.349 e. The number of fused-ring (bicyclic) bond motifs is 1. The smallest absolute Gasteiger partial charge is 0.224 e. The molecule has 1 fully saturated rings. The van der Waals surface area contributed by atoms with Gasteiger partial charge in [-0.15, -0.1) is 0 Å². The van der Waals surface area contributed by atoms with Crippen LogP contribution in [0.2, 0.25) is 0 Å². The maximum atomic E-state index is 13.1. The van der Waals surface area contributed by atoms with Crippen LogP contribution in [-0.4, -0.2) is 23.9 Å². The summed E-state index contributed by atoms with van der Waals surface area (Å²) in [6, 6.07) is 13.4. The maximum absolute atomic E-state index is 13.1. The van der Waals surface area contributed by atoms with Gasteiger partial charge in [-0.25, -0.2) is 4.39 Å². The summed E-state index contributed by atoms with van der Waals surface area (Å²) in [6.07, 6.45) is 6.85. The largest absolute Gasteiger partial charge is 0.349 e. The average molecular weight is 395 g/mol. The van der Waals surface area contributed by atoms with Gasteiger partial charge in [0.1, 0.15) is 5.82 Å². The van der Waals surface area contributed by atoms with E-state index in [-0.39, 0.29) is 23.7 Å². The third-order valence-electron chi connectivity index (χ3n) is 6.43. The second-order valence-corrected chi connectivity index (χ2v) is 8.67. The van der Waals surface area contributed by atoms with Crippen LogP contribution < -0.4 is 5.32 Å². The Kier molecular flexibility index (Phi) is 6.29. The monoisotopic (exact) mass is 394 g/mol. The van der Waals surface area contributed by atoms with Gasteiger partial charge >= 0.3 is 0 Å². The molecule has 29 heavy (non-hydrogen) atoms. The Morgan fingerprint density at radius 3 is 2.66 bits per heavy atom. The van der Waals surface area contributed by atoms with Crippen LogP contribution in [0.1, 0.15) is 60.9 Å². The molecule has 2 aliphatic rings. The molecule has 0 radical (unpaired) electrons. The van der Waals surface area contributed by atoms with Gasteiger partial charge in [-0.05, 0) is 86.4 Å². The normalized spacial score (nSPS) is 20.7. The molecule has 0 saturated carbocycles. The topological polar surface area (TPSA) is 32.3 Å². The molecule has 4 rings (SSSR count). The van der Waals surface area contributed by atoms with E-state index < -0.39 is 0 Å². The fraction of sp³-hybridized carbons (Fsp3) is 0.480. The summed E-state index contributed by atoms with van der Waals surface area (Å²) < 4.78 is 13.1. The lowest BCUT2D eigenvalue weighted by Crippen LogP contribution is -2.43. The van der Waals surface area contributed by atoms with E-state index >= 15 is 0 Å². The molecule has 2 atom stereocenters. The zero-order valence-corrected chi connectivity index (χ0v) is 17.3. The van der Waals surface area contributed by atoms with Crippen molar-refractivity contribution < 1.29 is 9.18 Å². The number of benzene rings is 2. The molecule has 2 aromatic carbocycles. The number of rotatable bonds is 5. The second kappa shape index (κ2) is 9.08. The molecule has 1 heterocycles. The number of halogens is 1. The van der Waals surface area contributed by atoms with Gasteiger partial charge in [0.15, 0.2) is 0 Å². The Morgan fingerprint density at radius 2 is 1.86 bits per heavy atom. The van der Waals surface area contributed by atoms with Crippen LogP contribution >= 0.6 is 0 Å². The molecule has 0 aromatic heterocycles. The van der Waals surface area contributed by atoms with Crippen molar-refractivity contribution in [2.75, 3.05) is 13.1 Å². The zero-order valence-electron chi connectivity index (χ0n) is 17.3. The quantitative estimate of drug-likeness (QED) is 0.790. The first-order valence-corrected chi connectivity index (χ1v) is 11.0. The number of aryl methyl sites for hydroxylation is 2. The third kappa shape index (κ3) is 5.05. The van der Waals surface area contributed by atoms with Crippen molar-refractivity contribution in [2.24, 2.45) is 5.92 Å². The van der Waals surface area contributed by atoms with E-state index in [1.807, 2.05) is 12.1 Å². The predicted octanol–water partition coefficient (Wildman–Crippen LogP) is 4.79. The Labute approximate surface area is 173 Å². The summed E-state index contributed by atoms with van der Waals surface area (Å²) in [4.78, 5) is 15.2. The SMILES string of the molecule is C[C@@H](NC(=O)[C@H]1CCCN(Cc2ccc(F)cc2)C1)c1ccc2c(c1)CCCC2. The summed E-state index contributed by atoms with van der Waals surface area (Å²) in [5, 5.41) is 3.25. The van der Waals surface area contributed by atoms with Crippen LogP contribution in [0, 0.1) is 11.7 Å². The highest BCUT2D eigenvalue weighted by molar-refractivity contribution is 5.79. The van der Waals surface area contributed by atoms with Gasteiger partial charge < -0.3 is 5.32 Å². The molecule has 3 nitrogen and oxygen atoms in total. The number of nitrogens with zero attached hydrogens (tertiary/aromatic N) is 1. The standard InChI is InChI=1S/C25H31FN2O/c1-18(21-11-10-20-5-2-3-6-22(20)15-21)27-25(29)23-7-4-14-28(17-23)16-19-8-12-24(26)13-9-19/h8-13,15,18,23H,2-7,14,16-17H2,1H3,(H,27,29)/t18-,23+/m1/s1. The molecule has 0 bridgehead atoms. The van der Waals surface area contributed by atoms with Crippen LogP contribution in [0.25, 0.3) is 0 Å². The van der Waals surface area contributed by atoms with Gasteiger partial charge in [-0.2, -0.15) is 0 Å². The number of nitrogens with one attached hydrogen (secondary N) is 1. The van der Waals surface area contributed by atoms with E-state index in [2.05, 4.69) is 35.3 Å². The second-order valence-electron chi connectivity index (χ2n) is 8.67. The fourth-order valence-corrected chi connectivity index (χ4v) is 4.70. The Morgan fingerprint density at radius 1 is 1.10 bits per heavy atom. The van der Waals surface area contributed by atoms with E-state index in [1.165, 1.54) is 48.1 Å². The van der Waals surface area contributed by atoms with Crippen LogP contribution in [0.15, 0.2) is 42.5 Å². The van der Waals surface area contributed by atoms with Gasteiger partial charge in [0.05, 0.1) is 12.0 Å². The number of piperidine rings is 1. The highest BCUT2D eigenvalue weighted by Crippen LogP contribution is 2.26. The summed E-state index contributed by atoms with van der Waals surface area (Å²) in [6.45, 7) is 4.60. The summed E-state index contributed by atoms with van der Waals surface area (Å²) in [5.74, 6) is -0.0379. The number of carbonyl (C=O) groups excluding carboxylic acids is 1. The number of amides is 1. The maximum Gasteiger partial charge on any atom is 0.224 e. The van der Waals surface area contributed by atoms with Crippen LogP contribution in [-0.2, 0) is 24.2 Å². The van der Waals surface area contributed by atoms with E-state index in [0.29, 0.717) is 0 Å². The lowest BCUT2D eigenvalue weighted by Gasteiger charge is -2.32. The molecule has 1 aliphatic heterocycles. The van der Waals surface area contributed by atoms with E-state index in [1.54, 1.807) is 0 Å². The predicted molar refractivity (Wildman–Crippen MR) is 114 cm³/mol. The first kappa shape index (κ1) is 20.1. The van der Waals surface area contributed by atoms with Crippen molar-refractivity contribution in [3.63, 3.8) is 0 Å². The Bertz CT molecular complexity index is 848. The van der Waals surface area contributed by atoms with E-state index in [9.17, 15) is 9.18 Å². The van der Waals surface area contributed by atoms with Crippen molar-refractivity contribution in [1.29, 1.82) is 0 Å². The highest BCUT2D eigenvalue weighted by atomic mass is 19.1. The van der Waals surface area contributed by atoms with Gasteiger partial charge in [-0.3, -0.25) is 9.69 Å².